The highest BCUT2D eigenvalue weighted by Gasteiger charge is 2.36. The fraction of sp³-hybridized carbons (Fsp3) is 0.650. The Morgan fingerprint density at radius 1 is 1.12 bits per heavy atom. The van der Waals surface area contributed by atoms with Crippen molar-refractivity contribution < 1.29 is 18.0 Å². The van der Waals surface area contributed by atoms with E-state index in [9.17, 15) is 18.0 Å². The first-order chi connectivity index (χ1) is 15.4. The number of carbonyl (C=O) groups excluding carboxylic acids is 1. The molecule has 9 nitrogen and oxygen atoms in total. The number of rotatable bonds is 7. The summed E-state index contributed by atoms with van der Waals surface area (Å²) in [6.07, 6.45) is -3.62. The lowest BCUT2D eigenvalue weighted by molar-refractivity contribution is -0.141. The maximum atomic E-state index is 13.4. The molecule has 13 heteroatoms. The van der Waals surface area contributed by atoms with Crippen molar-refractivity contribution in [1.82, 2.24) is 29.6 Å². The Morgan fingerprint density at radius 3 is 2.33 bits per heavy atom. The van der Waals surface area contributed by atoms with Crippen LogP contribution in [0.1, 0.15) is 49.3 Å². The third-order valence-electron chi connectivity index (χ3n) is 5.28. The molecule has 1 amide bonds. The van der Waals surface area contributed by atoms with Crippen molar-refractivity contribution in [2.75, 3.05) is 43.4 Å². The highest BCUT2D eigenvalue weighted by Crippen LogP contribution is 2.32. The van der Waals surface area contributed by atoms with Gasteiger partial charge in [-0.15, -0.1) is 10.2 Å². The second-order valence-corrected chi connectivity index (χ2v) is 10.0. The third-order valence-corrected chi connectivity index (χ3v) is 6.38. The molecule has 0 unspecified atom stereocenters. The Hall–Kier alpha value is -2.41. The van der Waals surface area contributed by atoms with E-state index >= 15 is 0 Å². The van der Waals surface area contributed by atoms with Crippen molar-refractivity contribution in [3.8, 4) is 0 Å². The van der Waals surface area contributed by atoms with Crippen LogP contribution in [0.4, 0.5) is 19.0 Å². The number of amides is 1. The second kappa shape index (κ2) is 9.84. The summed E-state index contributed by atoms with van der Waals surface area (Å²) < 4.78 is 41.7. The molecule has 182 valence electrons. The van der Waals surface area contributed by atoms with Gasteiger partial charge in [-0.1, -0.05) is 32.5 Å². The first-order valence-electron chi connectivity index (χ1n) is 10.6. The number of hydrogen-bond donors (Lipinski definition) is 1. The zero-order valence-corrected chi connectivity index (χ0v) is 20.0. The summed E-state index contributed by atoms with van der Waals surface area (Å²) in [6, 6.07) is 1.04. The average molecular weight is 487 g/mol. The Kier molecular flexibility index (Phi) is 7.52. The van der Waals surface area contributed by atoms with E-state index in [0.29, 0.717) is 24.1 Å². The normalized spacial score (nSPS) is 15.8. The van der Waals surface area contributed by atoms with Gasteiger partial charge in [0.25, 0.3) is 5.91 Å². The molecule has 0 atom stereocenters. The molecule has 3 rings (SSSR count). The molecule has 2 aromatic rings. The van der Waals surface area contributed by atoms with Gasteiger partial charge in [0.05, 0.1) is 0 Å². The number of hydrogen-bond acceptors (Lipinski definition) is 8. The summed E-state index contributed by atoms with van der Waals surface area (Å²) in [6.45, 7) is 8.92. The number of anilines is 1. The average Bonchev–Trinajstić information content (AvgIpc) is 3.10. The second-order valence-electron chi connectivity index (χ2n) is 8.94. The number of nitrogens with zero attached hydrogens (tertiary/aromatic N) is 7. The minimum absolute atomic E-state index is 0.127. The molecule has 1 saturated heterocycles. The van der Waals surface area contributed by atoms with Crippen LogP contribution >= 0.6 is 11.8 Å². The van der Waals surface area contributed by atoms with Gasteiger partial charge in [0.2, 0.25) is 5.82 Å². The standard InChI is InChI=1S/C20H29F3N8OS/c1-19(2,3)17-25-13(20(21,22)23)12-14(26-17)31-9-7-30(8-10-31)6-5-11-33-18-28-27-16(15(24)32)29(18)4/h12H,5-11H2,1-4H3,(H2,24,32). The SMILES string of the molecule is Cn1c(SCCCN2CCN(c3cc(C(F)(F)F)nc(C(C)(C)C)n3)CC2)nnc1C(N)=O. The lowest BCUT2D eigenvalue weighted by atomic mass is 9.95. The minimum atomic E-state index is -4.52. The highest BCUT2D eigenvalue weighted by molar-refractivity contribution is 7.99. The molecule has 1 aliphatic rings. The first-order valence-corrected chi connectivity index (χ1v) is 11.6. The van der Waals surface area contributed by atoms with Gasteiger partial charge in [-0.3, -0.25) is 9.69 Å². The number of primary amides is 1. The monoisotopic (exact) mass is 486 g/mol. The van der Waals surface area contributed by atoms with Crippen LogP contribution < -0.4 is 10.6 Å². The van der Waals surface area contributed by atoms with E-state index in [-0.39, 0.29) is 11.6 Å². The van der Waals surface area contributed by atoms with Gasteiger partial charge < -0.3 is 15.2 Å². The summed E-state index contributed by atoms with van der Waals surface area (Å²) >= 11 is 1.50. The molecule has 3 heterocycles. The van der Waals surface area contributed by atoms with Crippen molar-refractivity contribution >= 4 is 23.5 Å². The fourth-order valence-electron chi connectivity index (χ4n) is 3.38. The van der Waals surface area contributed by atoms with Gasteiger partial charge in [0.15, 0.2) is 5.16 Å². The van der Waals surface area contributed by atoms with E-state index in [0.717, 1.165) is 37.9 Å². The summed E-state index contributed by atoms with van der Waals surface area (Å²) in [5.41, 5.74) is 3.76. The van der Waals surface area contributed by atoms with Crippen LogP contribution in [0, 0.1) is 0 Å². The summed E-state index contributed by atoms with van der Waals surface area (Å²) in [7, 11) is 1.70. The van der Waals surface area contributed by atoms with E-state index in [1.165, 1.54) is 11.8 Å². The Morgan fingerprint density at radius 2 is 1.79 bits per heavy atom. The summed E-state index contributed by atoms with van der Waals surface area (Å²) in [4.78, 5) is 23.6. The molecule has 0 saturated carbocycles. The lowest BCUT2D eigenvalue weighted by Crippen LogP contribution is -2.47. The van der Waals surface area contributed by atoms with E-state index in [1.807, 2.05) is 4.90 Å². The van der Waals surface area contributed by atoms with Crippen molar-refractivity contribution in [2.45, 2.75) is 43.9 Å². The van der Waals surface area contributed by atoms with Crippen LogP contribution in [-0.4, -0.2) is 74.0 Å². The number of alkyl halides is 3. The molecule has 2 aromatic heterocycles. The lowest BCUT2D eigenvalue weighted by Gasteiger charge is -2.36. The van der Waals surface area contributed by atoms with Crippen LogP contribution in [0.3, 0.4) is 0 Å². The fourth-order valence-corrected chi connectivity index (χ4v) is 4.22. The zero-order chi connectivity index (χ0) is 24.4. The highest BCUT2D eigenvalue weighted by atomic mass is 32.2. The third kappa shape index (κ3) is 6.34. The van der Waals surface area contributed by atoms with E-state index in [1.54, 1.807) is 32.4 Å². The number of piperazine rings is 1. The molecule has 0 bridgehead atoms. The molecule has 1 fully saturated rings. The van der Waals surface area contributed by atoms with Crippen LogP contribution in [0.15, 0.2) is 11.2 Å². The Labute approximate surface area is 194 Å². The minimum Gasteiger partial charge on any atom is -0.363 e. The maximum absolute atomic E-state index is 13.4. The smallest absolute Gasteiger partial charge is 0.363 e. The van der Waals surface area contributed by atoms with E-state index in [2.05, 4.69) is 25.1 Å². The maximum Gasteiger partial charge on any atom is 0.433 e. The topological polar surface area (TPSA) is 106 Å². The van der Waals surface area contributed by atoms with Gasteiger partial charge in [-0.25, -0.2) is 9.97 Å². The molecule has 1 aliphatic heterocycles. The molecular weight excluding hydrogens is 457 g/mol. The summed E-state index contributed by atoms with van der Waals surface area (Å²) in [5.74, 6) is 0.817. The quantitative estimate of drug-likeness (QED) is 0.470. The predicted octanol–water partition coefficient (Wildman–Crippen LogP) is 2.32. The van der Waals surface area contributed by atoms with Crippen molar-refractivity contribution in [3.63, 3.8) is 0 Å². The molecular formula is C20H29F3N8OS. The van der Waals surface area contributed by atoms with Gasteiger partial charge in [-0.2, -0.15) is 13.2 Å². The largest absolute Gasteiger partial charge is 0.433 e. The Bertz CT molecular complexity index is 948. The number of carbonyl (C=O) groups is 1. The molecule has 33 heavy (non-hydrogen) atoms. The van der Waals surface area contributed by atoms with Gasteiger partial charge in [0, 0.05) is 50.5 Å². The van der Waals surface area contributed by atoms with E-state index < -0.39 is 23.2 Å². The number of thioether (sulfide) groups is 1. The van der Waals surface area contributed by atoms with Gasteiger partial charge in [0.1, 0.15) is 17.3 Å². The molecule has 0 aromatic carbocycles. The van der Waals surface area contributed by atoms with Gasteiger partial charge in [-0.05, 0) is 13.0 Å². The van der Waals surface area contributed by atoms with Crippen LogP contribution in [-0.2, 0) is 18.6 Å². The van der Waals surface area contributed by atoms with Crippen molar-refractivity contribution in [1.29, 1.82) is 0 Å². The molecule has 0 spiro atoms. The van der Waals surface area contributed by atoms with Gasteiger partial charge >= 0.3 is 6.18 Å². The van der Waals surface area contributed by atoms with Crippen LogP contribution in [0.25, 0.3) is 0 Å². The Balaban J connectivity index is 1.53. The number of halogens is 3. The van der Waals surface area contributed by atoms with Crippen LogP contribution in [0.2, 0.25) is 0 Å². The first kappa shape index (κ1) is 25.2. The van der Waals surface area contributed by atoms with E-state index in [4.69, 9.17) is 5.73 Å². The molecule has 2 N–H and O–H groups in total. The van der Waals surface area contributed by atoms with Crippen molar-refractivity contribution in [3.05, 3.63) is 23.4 Å². The number of nitrogens with two attached hydrogens (primary N) is 1. The molecule has 0 aliphatic carbocycles. The number of aromatic nitrogens is 5. The van der Waals surface area contributed by atoms with Crippen LogP contribution in [0.5, 0.6) is 0 Å². The zero-order valence-electron chi connectivity index (χ0n) is 19.2. The van der Waals surface area contributed by atoms with Crippen molar-refractivity contribution in [2.24, 2.45) is 12.8 Å². The summed E-state index contributed by atoms with van der Waals surface area (Å²) in [5, 5.41) is 8.39. The molecule has 0 radical (unpaired) electrons. The predicted molar refractivity (Wildman–Crippen MR) is 119 cm³/mol.